The summed E-state index contributed by atoms with van der Waals surface area (Å²) in [5.74, 6) is 4.50. The molecular formula is C31H52OSi. The smallest absolute Gasteiger partial charge is 0.184 e. The van der Waals surface area contributed by atoms with Gasteiger partial charge in [0.15, 0.2) is 8.32 Å². The lowest BCUT2D eigenvalue weighted by Gasteiger charge is -2.55. The molecule has 0 radical (unpaired) electrons. The van der Waals surface area contributed by atoms with E-state index in [1.807, 2.05) is 5.57 Å². The van der Waals surface area contributed by atoms with E-state index in [1.54, 1.807) is 5.57 Å². The normalized spacial score (nSPS) is 40.7. The van der Waals surface area contributed by atoms with Crippen LogP contribution in [0.1, 0.15) is 86.5 Å². The van der Waals surface area contributed by atoms with Gasteiger partial charge in [0.25, 0.3) is 0 Å². The van der Waals surface area contributed by atoms with Crippen LogP contribution in [0.2, 0.25) is 19.6 Å². The summed E-state index contributed by atoms with van der Waals surface area (Å²) in [5.41, 5.74) is 4.38. The molecular weight excluding hydrogens is 416 g/mol. The summed E-state index contributed by atoms with van der Waals surface area (Å²) in [6.45, 7) is 21.8. The Morgan fingerprint density at radius 2 is 1.64 bits per heavy atom. The molecule has 8 atom stereocenters. The number of allylic oxidation sites excluding steroid dienone is 5. The van der Waals surface area contributed by atoms with E-state index in [0.717, 1.165) is 23.7 Å². The Hall–Kier alpha value is -0.603. The van der Waals surface area contributed by atoms with Crippen molar-refractivity contribution in [2.24, 2.45) is 46.3 Å². The number of rotatable bonds is 6. The van der Waals surface area contributed by atoms with Crippen molar-refractivity contribution in [3.05, 3.63) is 35.5 Å². The number of fused-ring (bicyclic) bond motifs is 5. The van der Waals surface area contributed by atoms with Crippen LogP contribution in [0, 0.1) is 46.3 Å². The van der Waals surface area contributed by atoms with Crippen LogP contribution in [0.3, 0.4) is 0 Å². The molecule has 0 N–H and O–H groups in total. The minimum atomic E-state index is -1.47. The molecule has 0 amide bonds. The molecule has 0 heterocycles. The van der Waals surface area contributed by atoms with Gasteiger partial charge in [-0.2, -0.15) is 0 Å². The fraction of sp³-hybridized carbons (Fsp3) is 0.806. The highest BCUT2D eigenvalue weighted by atomic mass is 28.4. The van der Waals surface area contributed by atoms with E-state index >= 15 is 0 Å². The highest BCUT2D eigenvalue weighted by Gasteiger charge is 2.56. The van der Waals surface area contributed by atoms with Crippen molar-refractivity contribution >= 4 is 8.32 Å². The Balaban J connectivity index is 1.53. The summed E-state index contributed by atoms with van der Waals surface area (Å²) < 4.78 is 6.56. The Morgan fingerprint density at radius 1 is 0.909 bits per heavy atom. The molecule has 186 valence electrons. The third-order valence-corrected chi connectivity index (χ3v) is 11.6. The van der Waals surface area contributed by atoms with E-state index in [2.05, 4.69) is 85.5 Å². The standard InChI is InChI=1S/C31H52OSi/c1-21(2)22(3)10-11-23(4)27-14-15-28-26-13-12-24-20-25(32-33(7,8)9)16-18-30(24,5)29(26)17-19-31(27,28)6/h10-13,21-23,25,27-29H,14-20H2,1-9H3/b11-10+/t22?,23?,25?,27-,28?,29?,30+,31-/m1/s1. The highest BCUT2D eigenvalue weighted by Crippen LogP contribution is 2.66. The molecule has 0 aromatic carbocycles. The molecule has 1 nitrogen and oxygen atoms in total. The van der Waals surface area contributed by atoms with Gasteiger partial charge in [0, 0.05) is 6.10 Å². The first kappa shape index (κ1) is 25.5. The van der Waals surface area contributed by atoms with Gasteiger partial charge in [0.05, 0.1) is 0 Å². The highest BCUT2D eigenvalue weighted by molar-refractivity contribution is 6.69. The van der Waals surface area contributed by atoms with Crippen molar-refractivity contribution in [1.29, 1.82) is 0 Å². The Bertz CT molecular complexity index is 813. The van der Waals surface area contributed by atoms with Crippen molar-refractivity contribution in [1.82, 2.24) is 0 Å². The van der Waals surface area contributed by atoms with Gasteiger partial charge in [0.1, 0.15) is 0 Å². The van der Waals surface area contributed by atoms with Gasteiger partial charge in [0.2, 0.25) is 0 Å². The van der Waals surface area contributed by atoms with Gasteiger partial charge in [-0.1, -0.05) is 77.0 Å². The van der Waals surface area contributed by atoms with Crippen LogP contribution < -0.4 is 0 Å². The van der Waals surface area contributed by atoms with Crippen LogP contribution in [0.4, 0.5) is 0 Å². The van der Waals surface area contributed by atoms with E-state index in [9.17, 15) is 0 Å². The third-order valence-electron chi connectivity index (χ3n) is 10.5. The van der Waals surface area contributed by atoms with Gasteiger partial charge < -0.3 is 4.43 Å². The molecule has 3 saturated carbocycles. The van der Waals surface area contributed by atoms with Gasteiger partial charge in [-0.3, -0.25) is 0 Å². The second kappa shape index (κ2) is 9.12. The largest absolute Gasteiger partial charge is 0.414 e. The molecule has 0 aliphatic heterocycles. The second-order valence-corrected chi connectivity index (χ2v) is 18.5. The molecule has 4 aliphatic carbocycles. The van der Waals surface area contributed by atoms with E-state index < -0.39 is 8.32 Å². The topological polar surface area (TPSA) is 9.23 Å². The number of hydrogen-bond acceptors (Lipinski definition) is 1. The minimum Gasteiger partial charge on any atom is -0.414 e. The zero-order valence-electron chi connectivity index (χ0n) is 23.2. The predicted octanol–water partition coefficient (Wildman–Crippen LogP) is 9.19. The molecule has 5 unspecified atom stereocenters. The molecule has 0 bridgehead atoms. The van der Waals surface area contributed by atoms with Gasteiger partial charge in [-0.25, -0.2) is 0 Å². The van der Waals surface area contributed by atoms with E-state index in [1.165, 1.54) is 44.9 Å². The summed E-state index contributed by atoms with van der Waals surface area (Å²) in [7, 11) is -1.47. The molecule has 0 saturated heterocycles. The fourth-order valence-electron chi connectivity index (χ4n) is 8.18. The summed E-state index contributed by atoms with van der Waals surface area (Å²) >= 11 is 0. The molecule has 0 aromatic heterocycles. The zero-order valence-corrected chi connectivity index (χ0v) is 24.2. The lowest BCUT2D eigenvalue weighted by molar-refractivity contribution is 0.0417. The van der Waals surface area contributed by atoms with Crippen molar-refractivity contribution in [2.75, 3.05) is 0 Å². The Labute approximate surface area is 206 Å². The zero-order chi connectivity index (χ0) is 24.2. The van der Waals surface area contributed by atoms with Crippen molar-refractivity contribution in [3.8, 4) is 0 Å². The molecule has 0 spiro atoms. The number of hydrogen-bond donors (Lipinski definition) is 0. The van der Waals surface area contributed by atoms with Crippen LogP contribution in [-0.2, 0) is 4.43 Å². The minimum absolute atomic E-state index is 0.376. The first-order valence-corrected chi connectivity index (χ1v) is 17.5. The van der Waals surface area contributed by atoms with Crippen LogP contribution in [0.5, 0.6) is 0 Å². The van der Waals surface area contributed by atoms with Crippen LogP contribution in [0.25, 0.3) is 0 Å². The van der Waals surface area contributed by atoms with E-state index in [0.29, 0.717) is 28.8 Å². The SMILES string of the molecule is CC(C)C(C)/C=C/C(C)[C@H]1CCC2C3=CC=C4CC(O[Si](C)(C)C)CC[C@]4(C)C3CC[C@@]21C. The molecule has 3 fully saturated rings. The summed E-state index contributed by atoms with van der Waals surface area (Å²) in [6, 6.07) is 0. The molecule has 33 heavy (non-hydrogen) atoms. The van der Waals surface area contributed by atoms with Crippen molar-refractivity contribution in [3.63, 3.8) is 0 Å². The van der Waals surface area contributed by atoms with E-state index in [4.69, 9.17) is 4.43 Å². The maximum Gasteiger partial charge on any atom is 0.184 e. The summed E-state index contributed by atoms with van der Waals surface area (Å²) in [5, 5.41) is 0. The summed E-state index contributed by atoms with van der Waals surface area (Å²) in [4.78, 5) is 0. The molecule has 4 rings (SSSR count). The monoisotopic (exact) mass is 468 g/mol. The fourth-order valence-corrected chi connectivity index (χ4v) is 9.38. The lowest BCUT2D eigenvalue weighted by atomic mass is 9.50. The first-order chi connectivity index (χ1) is 15.3. The van der Waals surface area contributed by atoms with E-state index in [-0.39, 0.29) is 0 Å². The molecule has 4 aliphatic rings. The average molecular weight is 469 g/mol. The Kier molecular flexibility index (Phi) is 7.04. The van der Waals surface area contributed by atoms with Gasteiger partial charge in [-0.15, -0.1) is 0 Å². The third kappa shape index (κ3) is 4.77. The quantitative estimate of drug-likeness (QED) is 0.279. The van der Waals surface area contributed by atoms with Crippen molar-refractivity contribution in [2.45, 2.75) is 112 Å². The van der Waals surface area contributed by atoms with Gasteiger partial charge in [-0.05, 0) is 111 Å². The molecule has 2 heteroatoms. The summed E-state index contributed by atoms with van der Waals surface area (Å²) in [6.07, 6.45) is 20.0. The Morgan fingerprint density at radius 3 is 2.30 bits per heavy atom. The lowest BCUT2D eigenvalue weighted by Crippen LogP contribution is -2.47. The first-order valence-electron chi connectivity index (χ1n) is 14.1. The van der Waals surface area contributed by atoms with Crippen LogP contribution in [-0.4, -0.2) is 14.4 Å². The van der Waals surface area contributed by atoms with Crippen LogP contribution >= 0.6 is 0 Å². The van der Waals surface area contributed by atoms with Crippen LogP contribution in [0.15, 0.2) is 35.5 Å². The maximum absolute atomic E-state index is 6.56. The molecule has 0 aromatic rings. The maximum atomic E-state index is 6.56. The average Bonchev–Trinajstić information content (AvgIpc) is 3.08. The predicted molar refractivity (Wildman–Crippen MR) is 146 cm³/mol. The van der Waals surface area contributed by atoms with Crippen molar-refractivity contribution < 1.29 is 4.43 Å². The van der Waals surface area contributed by atoms with Gasteiger partial charge >= 0.3 is 0 Å². The second-order valence-electron chi connectivity index (χ2n) is 14.1.